The molecule has 2 rings (SSSR count). The molecular weight excluding hydrogens is 256 g/mol. The molecule has 0 aromatic heterocycles. The van der Waals surface area contributed by atoms with Crippen molar-refractivity contribution >= 4 is 5.91 Å². The van der Waals surface area contributed by atoms with Gasteiger partial charge in [0.2, 0.25) is 0 Å². The number of carbonyl (C=O) groups excluding carboxylic acids is 1. The van der Waals surface area contributed by atoms with Crippen molar-refractivity contribution in [3.05, 3.63) is 29.8 Å². The van der Waals surface area contributed by atoms with E-state index in [0.29, 0.717) is 32.0 Å². The van der Waals surface area contributed by atoms with E-state index < -0.39 is 0 Å². The third-order valence-corrected chi connectivity index (χ3v) is 3.47. The molecule has 0 saturated carbocycles. The highest BCUT2D eigenvalue weighted by Crippen LogP contribution is 2.13. The molecule has 5 heteroatoms. The second-order valence-corrected chi connectivity index (χ2v) is 4.88. The lowest BCUT2D eigenvalue weighted by Gasteiger charge is -2.32. The number of amides is 1. The SMILES string of the molecule is CCC1CN(C(=O)COc2ccc(CN)cc2)CCO1. The van der Waals surface area contributed by atoms with E-state index in [1.165, 1.54) is 0 Å². The first-order valence-electron chi connectivity index (χ1n) is 7.04. The number of benzene rings is 1. The summed E-state index contributed by atoms with van der Waals surface area (Å²) in [6, 6.07) is 7.48. The van der Waals surface area contributed by atoms with Crippen molar-refractivity contribution < 1.29 is 14.3 Å². The quantitative estimate of drug-likeness (QED) is 0.878. The highest BCUT2D eigenvalue weighted by Gasteiger charge is 2.23. The van der Waals surface area contributed by atoms with E-state index in [-0.39, 0.29) is 18.6 Å². The first-order valence-corrected chi connectivity index (χ1v) is 7.04. The molecule has 2 N–H and O–H groups in total. The van der Waals surface area contributed by atoms with E-state index in [2.05, 4.69) is 6.92 Å². The predicted octanol–water partition coefficient (Wildman–Crippen LogP) is 1.16. The third-order valence-electron chi connectivity index (χ3n) is 3.47. The van der Waals surface area contributed by atoms with Gasteiger partial charge in [-0.1, -0.05) is 19.1 Å². The molecule has 1 aliphatic rings. The Balaban J connectivity index is 1.81. The van der Waals surface area contributed by atoms with Crippen LogP contribution in [0.2, 0.25) is 0 Å². The van der Waals surface area contributed by atoms with Crippen LogP contribution in [0.1, 0.15) is 18.9 Å². The van der Waals surface area contributed by atoms with E-state index in [4.69, 9.17) is 15.2 Å². The Kier molecular flexibility index (Phi) is 5.38. The Morgan fingerprint density at radius 2 is 2.20 bits per heavy atom. The van der Waals surface area contributed by atoms with Crippen molar-refractivity contribution in [3.8, 4) is 5.75 Å². The van der Waals surface area contributed by atoms with E-state index in [1.807, 2.05) is 29.2 Å². The van der Waals surface area contributed by atoms with Gasteiger partial charge in [0.15, 0.2) is 6.61 Å². The topological polar surface area (TPSA) is 64.8 Å². The first kappa shape index (κ1) is 14.8. The van der Waals surface area contributed by atoms with Gasteiger partial charge >= 0.3 is 0 Å². The van der Waals surface area contributed by atoms with Crippen molar-refractivity contribution in [2.24, 2.45) is 5.73 Å². The molecule has 1 aromatic rings. The maximum Gasteiger partial charge on any atom is 0.260 e. The van der Waals surface area contributed by atoms with Gasteiger partial charge < -0.3 is 20.1 Å². The Bertz CT molecular complexity index is 433. The molecule has 20 heavy (non-hydrogen) atoms. The molecule has 110 valence electrons. The summed E-state index contributed by atoms with van der Waals surface area (Å²) in [5.74, 6) is 0.700. The van der Waals surface area contributed by atoms with Gasteiger partial charge in [0.25, 0.3) is 5.91 Å². The van der Waals surface area contributed by atoms with Crippen molar-refractivity contribution in [1.29, 1.82) is 0 Å². The van der Waals surface area contributed by atoms with Crippen molar-refractivity contribution in [1.82, 2.24) is 4.90 Å². The van der Waals surface area contributed by atoms with E-state index in [1.54, 1.807) is 0 Å². The van der Waals surface area contributed by atoms with Gasteiger partial charge in [0.1, 0.15) is 5.75 Å². The van der Waals surface area contributed by atoms with E-state index in [0.717, 1.165) is 12.0 Å². The summed E-state index contributed by atoms with van der Waals surface area (Å²) < 4.78 is 11.1. The molecular formula is C15H22N2O3. The average molecular weight is 278 g/mol. The fourth-order valence-corrected chi connectivity index (χ4v) is 2.15. The minimum absolute atomic E-state index is 0.00894. The van der Waals surface area contributed by atoms with Crippen molar-refractivity contribution in [3.63, 3.8) is 0 Å². The molecule has 1 amide bonds. The lowest BCUT2D eigenvalue weighted by molar-refractivity contribution is -0.141. The van der Waals surface area contributed by atoms with Crippen LogP contribution >= 0.6 is 0 Å². The van der Waals surface area contributed by atoms with Crippen molar-refractivity contribution in [2.45, 2.75) is 26.0 Å². The second-order valence-electron chi connectivity index (χ2n) is 4.88. The Morgan fingerprint density at radius 1 is 1.45 bits per heavy atom. The van der Waals surface area contributed by atoms with Crippen LogP contribution in [-0.2, 0) is 16.1 Å². The lowest BCUT2D eigenvalue weighted by atomic mass is 10.2. The molecule has 0 spiro atoms. The first-order chi connectivity index (χ1) is 9.72. The zero-order valence-electron chi connectivity index (χ0n) is 11.9. The number of carbonyl (C=O) groups is 1. The third kappa shape index (κ3) is 3.95. The molecule has 1 unspecified atom stereocenters. The van der Waals surface area contributed by atoms with Crippen LogP contribution in [0, 0.1) is 0 Å². The standard InChI is InChI=1S/C15H22N2O3/c1-2-13-10-17(7-8-19-13)15(18)11-20-14-5-3-12(9-16)4-6-14/h3-6,13H,2,7-11,16H2,1H3. The number of hydrogen-bond donors (Lipinski definition) is 1. The smallest absolute Gasteiger partial charge is 0.260 e. The molecule has 5 nitrogen and oxygen atoms in total. The fourth-order valence-electron chi connectivity index (χ4n) is 2.15. The normalized spacial score (nSPS) is 18.9. The summed E-state index contributed by atoms with van der Waals surface area (Å²) >= 11 is 0. The highest BCUT2D eigenvalue weighted by atomic mass is 16.5. The minimum Gasteiger partial charge on any atom is -0.484 e. The summed E-state index contributed by atoms with van der Waals surface area (Å²) in [4.78, 5) is 13.9. The summed E-state index contributed by atoms with van der Waals surface area (Å²) in [6.45, 7) is 4.54. The molecule has 1 heterocycles. The number of rotatable bonds is 5. The Hall–Kier alpha value is -1.59. The van der Waals surface area contributed by atoms with E-state index >= 15 is 0 Å². The Labute approximate surface area is 119 Å². The number of hydrogen-bond acceptors (Lipinski definition) is 4. The van der Waals surface area contributed by atoms with Crippen LogP contribution in [0.4, 0.5) is 0 Å². The minimum atomic E-state index is 0.00894. The molecule has 1 fully saturated rings. The molecule has 0 radical (unpaired) electrons. The van der Waals surface area contributed by atoms with Gasteiger partial charge in [-0.2, -0.15) is 0 Å². The average Bonchev–Trinajstić information content (AvgIpc) is 2.53. The van der Waals surface area contributed by atoms with Gasteiger partial charge in [-0.15, -0.1) is 0 Å². The number of ether oxygens (including phenoxy) is 2. The molecule has 0 bridgehead atoms. The van der Waals surface area contributed by atoms with Gasteiger partial charge in [-0.3, -0.25) is 4.79 Å². The highest BCUT2D eigenvalue weighted by molar-refractivity contribution is 5.77. The maximum atomic E-state index is 12.1. The molecule has 0 aliphatic carbocycles. The summed E-state index contributed by atoms with van der Waals surface area (Å²) in [7, 11) is 0. The number of nitrogens with two attached hydrogens (primary N) is 1. The van der Waals surface area contributed by atoms with Gasteiger partial charge in [-0.25, -0.2) is 0 Å². The van der Waals surface area contributed by atoms with Crippen LogP contribution < -0.4 is 10.5 Å². The van der Waals surface area contributed by atoms with Crippen molar-refractivity contribution in [2.75, 3.05) is 26.3 Å². The maximum absolute atomic E-state index is 12.1. The van der Waals surface area contributed by atoms with Crippen LogP contribution in [-0.4, -0.2) is 43.2 Å². The van der Waals surface area contributed by atoms with Gasteiger partial charge in [0, 0.05) is 19.6 Å². The summed E-state index contributed by atoms with van der Waals surface area (Å²) in [6.07, 6.45) is 1.07. The summed E-state index contributed by atoms with van der Waals surface area (Å²) in [5, 5.41) is 0. The van der Waals surface area contributed by atoms with Crippen LogP contribution in [0.15, 0.2) is 24.3 Å². The van der Waals surface area contributed by atoms with Crippen LogP contribution in [0.5, 0.6) is 5.75 Å². The van der Waals surface area contributed by atoms with Crippen LogP contribution in [0.3, 0.4) is 0 Å². The fraction of sp³-hybridized carbons (Fsp3) is 0.533. The Morgan fingerprint density at radius 3 is 2.85 bits per heavy atom. The summed E-state index contributed by atoms with van der Waals surface area (Å²) in [5.41, 5.74) is 6.58. The predicted molar refractivity (Wildman–Crippen MR) is 76.4 cm³/mol. The van der Waals surface area contributed by atoms with Gasteiger partial charge in [0.05, 0.1) is 12.7 Å². The lowest BCUT2D eigenvalue weighted by Crippen LogP contribution is -2.47. The molecule has 1 aromatic carbocycles. The van der Waals surface area contributed by atoms with Crippen LogP contribution in [0.25, 0.3) is 0 Å². The molecule has 1 saturated heterocycles. The monoisotopic (exact) mass is 278 g/mol. The second kappa shape index (κ2) is 7.26. The van der Waals surface area contributed by atoms with E-state index in [9.17, 15) is 4.79 Å². The molecule has 1 aliphatic heterocycles. The number of nitrogens with zero attached hydrogens (tertiary/aromatic N) is 1. The zero-order valence-corrected chi connectivity index (χ0v) is 11.9. The molecule has 1 atom stereocenters. The van der Waals surface area contributed by atoms with Gasteiger partial charge in [-0.05, 0) is 24.1 Å². The number of morpholine rings is 1. The largest absolute Gasteiger partial charge is 0.484 e. The zero-order chi connectivity index (χ0) is 14.4.